The van der Waals surface area contributed by atoms with E-state index < -0.39 is 5.60 Å². The third kappa shape index (κ3) is 5.43. The highest BCUT2D eigenvalue weighted by molar-refractivity contribution is 5.68. The van der Waals surface area contributed by atoms with Crippen LogP contribution in [0.4, 0.5) is 4.79 Å². The molecular formula is C17H33N3O2. The number of ether oxygens (including phenoxy) is 1. The number of rotatable bonds is 3. The number of nitrogens with zero attached hydrogens (tertiary/aromatic N) is 1. The minimum Gasteiger partial charge on any atom is -0.444 e. The fraction of sp³-hybridized carbons (Fsp3) is 0.941. The Balaban J connectivity index is 1.74. The van der Waals surface area contributed by atoms with E-state index in [2.05, 4.69) is 17.6 Å². The second kappa shape index (κ2) is 7.18. The molecule has 0 radical (unpaired) electrons. The lowest BCUT2D eigenvalue weighted by Gasteiger charge is -2.41. The van der Waals surface area contributed by atoms with Crippen LogP contribution in [0.3, 0.4) is 0 Å². The number of hydrogen-bond acceptors (Lipinski definition) is 4. The molecule has 2 aliphatic heterocycles. The summed E-state index contributed by atoms with van der Waals surface area (Å²) in [6.45, 7) is 13.0. The van der Waals surface area contributed by atoms with Gasteiger partial charge in [-0.3, -0.25) is 0 Å². The Morgan fingerprint density at radius 3 is 2.59 bits per heavy atom. The van der Waals surface area contributed by atoms with E-state index in [1.54, 1.807) is 0 Å². The third-order valence-corrected chi connectivity index (χ3v) is 4.74. The normalized spacial score (nSPS) is 25.8. The molecule has 2 saturated heterocycles. The molecular weight excluding hydrogens is 278 g/mol. The smallest absolute Gasteiger partial charge is 0.410 e. The summed E-state index contributed by atoms with van der Waals surface area (Å²) in [7, 11) is 0. The first-order valence-corrected chi connectivity index (χ1v) is 8.69. The molecule has 0 spiro atoms. The van der Waals surface area contributed by atoms with Crippen LogP contribution in [0.1, 0.15) is 53.4 Å². The van der Waals surface area contributed by atoms with Crippen molar-refractivity contribution in [1.82, 2.24) is 15.5 Å². The summed E-state index contributed by atoms with van der Waals surface area (Å²) >= 11 is 0. The molecule has 1 unspecified atom stereocenters. The van der Waals surface area contributed by atoms with Gasteiger partial charge in [0.15, 0.2) is 0 Å². The third-order valence-electron chi connectivity index (χ3n) is 4.74. The first-order chi connectivity index (χ1) is 10.3. The molecule has 22 heavy (non-hydrogen) atoms. The van der Waals surface area contributed by atoms with Gasteiger partial charge in [0.05, 0.1) is 0 Å². The lowest BCUT2D eigenvalue weighted by Crippen LogP contribution is -2.50. The number of hydrogen-bond donors (Lipinski definition) is 2. The van der Waals surface area contributed by atoms with Crippen LogP contribution in [-0.2, 0) is 4.74 Å². The number of amides is 1. The Bertz CT molecular complexity index is 365. The van der Waals surface area contributed by atoms with Crippen LogP contribution in [0.5, 0.6) is 0 Å². The van der Waals surface area contributed by atoms with Crippen molar-refractivity contribution in [2.24, 2.45) is 5.41 Å². The zero-order valence-electron chi connectivity index (χ0n) is 14.7. The summed E-state index contributed by atoms with van der Waals surface area (Å²) in [4.78, 5) is 14.0. The average molecular weight is 311 g/mol. The SMILES string of the molecule is CC1(CNC2CCCNC2)CCN(C(=O)OC(C)(C)C)CC1. The van der Waals surface area contributed by atoms with E-state index in [0.29, 0.717) is 6.04 Å². The molecule has 0 aromatic rings. The largest absolute Gasteiger partial charge is 0.444 e. The van der Waals surface area contributed by atoms with Crippen molar-refractivity contribution in [3.05, 3.63) is 0 Å². The molecule has 1 amide bonds. The maximum Gasteiger partial charge on any atom is 0.410 e. The van der Waals surface area contributed by atoms with E-state index in [0.717, 1.165) is 45.6 Å². The molecule has 0 aromatic carbocycles. The molecule has 2 heterocycles. The van der Waals surface area contributed by atoms with Crippen molar-refractivity contribution in [1.29, 1.82) is 0 Å². The minimum absolute atomic E-state index is 0.168. The molecule has 1 atom stereocenters. The van der Waals surface area contributed by atoms with Crippen LogP contribution in [0, 0.1) is 5.41 Å². The van der Waals surface area contributed by atoms with Gasteiger partial charge in [0.1, 0.15) is 5.60 Å². The van der Waals surface area contributed by atoms with Crippen molar-refractivity contribution >= 4 is 6.09 Å². The maximum atomic E-state index is 12.1. The highest BCUT2D eigenvalue weighted by atomic mass is 16.6. The van der Waals surface area contributed by atoms with Crippen molar-refractivity contribution in [2.45, 2.75) is 65.0 Å². The van der Waals surface area contributed by atoms with Gasteiger partial charge in [-0.1, -0.05) is 6.92 Å². The van der Waals surface area contributed by atoms with E-state index in [1.807, 2.05) is 25.7 Å². The zero-order valence-corrected chi connectivity index (χ0v) is 14.7. The van der Waals surface area contributed by atoms with Gasteiger partial charge in [-0.05, 0) is 58.4 Å². The highest BCUT2D eigenvalue weighted by Crippen LogP contribution is 2.31. The van der Waals surface area contributed by atoms with Gasteiger partial charge >= 0.3 is 6.09 Å². The first-order valence-electron chi connectivity index (χ1n) is 8.69. The fourth-order valence-electron chi connectivity index (χ4n) is 3.15. The van der Waals surface area contributed by atoms with Crippen LogP contribution in [-0.4, -0.2) is 55.4 Å². The van der Waals surface area contributed by atoms with Crippen molar-refractivity contribution < 1.29 is 9.53 Å². The van der Waals surface area contributed by atoms with Crippen LogP contribution < -0.4 is 10.6 Å². The summed E-state index contributed by atoms with van der Waals surface area (Å²) in [6, 6.07) is 0.606. The molecule has 2 N–H and O–H groups in total. The van der Waals surface area contributed by atoms with Crippen molar-refractivity contribution in [3.63, 3.8) is 0 Å². The average Bonchev–Trinajstić information content (AvgIpc) is 2.45. The Hall–Kier alpha value is -0.810. The molecule has 0 saturated carbocycles. The number of piperidine rings is 2. The molecule has 2 aliphatic rings. The topological polar surface area (TPSA) is 53.6 Å². The van der Waals surface area contributed by atoms with Gasteiger partial charge in [-0.15, -0.1) is 0 Å². The predicted molar refractivity (Wildman–Crippen MR) is 89.0 cm³/mol. The summed E-state index contributed by atoms with van der Waals surface area (Å²) in [5.74, 6) is 0. The van der Waals surface area contributed by atoms with Gasteiger partial charge in [0.2, 0.25) is 0 Å². The number of carbonyl (C=O) groups is 1. The molecule has 2 rings (SSSR count). The van der Waals surface area contributed by atoms with Gasteiger partial charge in [-0.2, -0.15) is 0 Å². The lowest BCUT2D eigenvalue weighted by atomic mass is 9.80. The number of likely N-dealkylation sites (tertiary alicyclic amines) is 1. The Morgan fingerprint density at radius 1 is 1.36 bits per heavy atom. The van der Waals surface area contributed by atoms with Gasteiger partial charge in [0, 0.05) is 32.2 Å². The van der Waals surface area contributed by atoms with E-state index in [4.69, 9.17) is 4.74 Å². The molecule has 0 bridgehead atoms. The molecule has 128 valence electrons. The molecule has 5 heteroatoms. The van der Waals surface area contributed by atoms with Gasteiger partial charge in [-0.25, -0.2) is 4.79 Å². The summed E-state index contributed by atoms with van der Waals surface area (Å²) in [5.41, 5.74) is -0.122. The standard InChI is InChI=1S/C17H33N3O2/c1-16(2,3)22-15(21)20-10-7-17(4,8-11-20)13-19-14-6-5-9-18-12-14/h14,18-19H,5-13H2,1-4H3. The van der Waals surface area contributed by atoms with Crippen LogP contribution in [0.25, 0.3) is 0 Å². The fourth-order valence-corrected chi connectivity index (χ4v) is 3.15. The van der Waals surface area contributed by atoms with E-state index in [-0.39, 0.29) is 11.5 Å². The van der Waals surface area contributed by atoms with E-state index >= 15 is 0 Å². The van der Waals surface area contributed by atoms with Crippen molar-refractivity contribution in [2.75, 3.05) is 32.7 Å². The summed E-state index contributed by atoms with van der Waals surface area (Å²) < 4.78 is 5.46. The summed E-state index contributed by atoms with van der Waals surface area (Å²) in [6.07, 6.45) is 4.45. The predicted octanol–water partition coefficient (Wildman–Crippen LogP) is 2.37. The highest BCUT2D eigenvalue weighted by Gasteiger charge is 2.33. The van der Waals surface area contributed by atoms with E-state index in [1.165, 1.54) is 12.8 Å². The Labute approximate surface area is 135 Å². The maximum absolute atomic E-state index is 12.1. The second-order valence-electron chi connectivity index (χ2n) is 8.20. The van der Waals surface area contributed by atoms with Crippen LogP contribution >= 0.6 is 0 Å². The quantitative estimate of drug-likeness (QED) is 0.840. The van der Waals surface area contributed by atoms with Gasteiger partial charge < -0.3 is 20.3 Å². The monoisotopic (exact) mass is 311 g/mol. The Morgan fingerprint density at radius 2 is 2.05 bits per heavy atom. The molecule has 5 nitrogen and oxygen atoms in total. The minimum atomic E-state index is -0.409. The molecule has 0 aliphatic carbocycles. The van der Waals surface area contributed by atoms with Crippen molar-refractivity contribution in [3.8, 4) is 0 Å². The molecule has 0 aromatic heterocycles. The van der Waals surface area contributed by atoms with Crippen LogP contribution in [0.15, 0.2) is 0 Å². The Kier molecular flexibility index (Phi) is 5.72. The zero-order chi connectivity index (χ0) is 16.2. The summed E-state index contributed by atoms with van der Waals surface area (Å²) in [5, 5.41) is 7.16. The van der Waals surface area contributed by atoms with Crippen LogP contribution in [0.2, 0.25) is 0 Å². The molecule has 2 fully saturated rings. The van der Waals surface area contributed by atoms with Gasteiger partial charge in [0.25, 0.3) is 0 Å². The second-order valence-corrected chi connectivity index (χ2v) is 8.20. The lowest BCUT2D eigenvalue weighted by molar-refractivity contribution is 0.0116. The first kappa shape index (κ1) is 17.5. The number of nitrogens with one attached hydrogen (secondary N) is 2. The number of carbonyl (C=O) groups excluding carboxylic acids is 1. The van der Waals surface area contributed by atoms with E-state index in [9.17, 15) is 4.79 Å².